The molecular formula is C15H15N3O2. The summed E-state index contributed by atoms with van der Waals surface area (Å²) in [6.45, 7) is 1.72. The smallest absolute Gasteiger partial charge is 0.272 e. The van der Waals surface area contributed by atoms with Crippen molar-refractivity contribution in [3.05, 3.63) is 42.5 Å². The number of anilines is 4. The predicted octanol–water partition coefficient (Wildman–Crippen LogP) is 2.30. The van der Waals surface area contributed by atoms with E-state index in [2.05, 4.69) is 0 Å². The molecule has 3 rings (SSSR count). The van der Waals surface area contributed by atoms with Crippen LogP contribution in [-0.2, 0) is 4.79 Å². The van der Waals surface area contributed by atoms with Gasteiger partial charge in [0.1, 0.15) is 5.75 Å². The highest BCUT2D eigenvalue weighted by atomic mass is 16.5. The molecule has 0 saturated carbocycles. The Kier molecular flexibility index (Phi) is 2.75. The summed E-state index contributed by atoms with van der Waals surface area (Å²) in [5, 5.41) is 0. The summed E-state index contributed by atoms with van der Waals surface area (Å²) in [7, 11) is 0. The fourth-order valence-electron chi connectivity index (χ4n) is 2.28. The van der Waals surface area contributed by atoms with Crippen molar-refractivity contribution >= 4 is 28.7 Å². The quantitative estimate of drug-likeness (QED) is 0.778. The molecular weight excluding hydrogens is 254 g/mol. The highest BCUT2D eigenvalue weighted by molar-refractivity contribution is 6.06. The lowest BCUT2D eigenvalue weighted by Gasteiger charge is -2.33. The van der Waals surface area contributed by atoms with Gasteiger partial charge in [-0.1, -0.05) is 6.07 Å². The van der Waals surface area contributed by atoms with Crippen LogP contribution in [0.3, 0.4) is 0 Å². The molecule has 5 heteroatoms. The summed E-state index contributed by atoms with van der Waals surface area (Å²) >= 11 is 0. The van der Waals surface area contributed by atoms with Crippen molar-refractivity contribution in [2.24, 2.45) is 0 Å². The van der Waals surface area contributed by atoms with E-state index in [4.69, 9.17) is 16.2 Å². The Morgan fingerprint density at radius 2 is 1.85 bits per heavy atom. The highest BCUT2D eigenvalue weighted by Gasteiger charge is 2.32. The normalized spacial score (nSPS) is 17.6. The number of fused-ring (bicyclic) bond motifs is 1. The Balaban J connectivity index is 2.18. The molecule has 0 spiro atoms. The van der Waals surface area contributed by atoms with Gasteiger partial charge in [0.2, 0.25) is 0 Å². The first-order chi connectivity index (χ1) is 9.56. The van der Waals surface area contributed by atoms with E-state index in [9.17, 15) is 4.79 Å². The van der Waals surface area contributed by atoms with Crippen LogP contribution in [0.1, 0.15) is 6.92 Å². The van der Waals surface area contributed by atoms with Crippen LogP contribution < -0.4 is 21.1 Å². The second kappa shape index (κ2) is 4.45. The minimum atomic E-state index is -0.549. The molecule has 102 valence electrons. The van der Waals surface area contributed by atoms with Crippen LogP contribution in [-0.4, -0.2) is 12.0 Å². The first-order valence-electron chi connectivity index (χ1n) is 6.32. The van der Waals surface area contributed by atoms with Crippen molar-refractivity contribution in [2.75, 3.05) is 16.4 Å². The molecule has 1 aliphatic rings. The molecule has 1 atom stereocenters. The van der Waals surface area contributed by atoms with E-state index in [1.54, 1.807) is 42.2 Å². The van der Waals surface area contributed by atoms with E-state index in [-0.39, 0.29) is 5.91 Å². The number of ether oxygens (including phenoxy) is 1. The van der Waals surface area contributed by atoms with Gasteiger partial charge in [0.15, 0.2) is 6.10 Å². The zero-order chi connectivity index (χ0) is 14.3. The number of benzene rings is 2. The fraction of sp³-hybridized carbons (Fsp3) is 0.133. The van der Waals surface area contributed by atoms with E-state index >= 15 is 0 Å². The molecule has 0 saturated heterocycles. The molecule has 1 heterocycles. The van der Waals surface area contributed by atoms with Crippen molar-refractivity contribution < 1.29 is 9.53 Å². The van der Waals surface area contributed by atoms with Gasteiger partial charge in [0, 0.05) is 11.4 Å². The van der Waals surface area contributed by atoms with Gasteiger partial charge in [-0.2, -0.15) is 0 Å². The summed E-state index contributed by atoms with van der Waals surface area (Å²) in [5.74, 6) is 0.488. The minimum absolute atomic E-state index is 0.145. The lowest BCUT2D eigenvalue weighted by atomic mass is 10.1. The molecule has 1 amide bonds. The number of nitrogen functional groups attached to an aromatic ring is 2. The third-order valence-electron chi connectivity index (χ3n) is 3.22. The average Bonchev–Trinajstić information content (AvgIpc) is 2.41. The van der Waals surface area contributed by atoms with E-state index in [1.165, 1.54) is 0 Å². The van der Waals surface area contributed by atoms with Gasteiger partial charge in [-0.3, -0.25) is 9.69 Å². The van der Waals surface area contributed by atoms with Gasteiger partial charge < -0.3 is 16.2 Å². The van der Waals surface area contributed by atoms with Gasteiger partial charge >= 0.3 is 0 Å². The first kappa shape index (κ1) is 12.3. The third-order valence-corrected chi connectivity index (χ3v) is 3.22. The maximum atomic E-state index is 12.4. The molecule has 5 nitrogen and oxygen atoms in total. The monoisotopic (exact) mass is 269 g/mol. The standard InChI is InChI=1S/C15H15N3O2/c1-9-15(19)18(12-4-2-3-10(16)7-12)13-8-11(17)5-6-14(13)20-9/h2-9H,16-17H2,1H3. The zero-order valence-electron chi connectivity index (χ0n) is 11.0. The van der Waals surface area contributed by atoms with E-state index in [0.717, 1.165) is 0 Å². The number of nitrogens with zero attached hydrogens (tertiary/aromatic N) is 1. The number of carbonyl (C=O) groups excluding carboxylic acids is 1. The third kappa shape index (κ3) is 1.93. The number of carbonyl (C=O) groups is 1. The van der Waals surface area contributed by atoms with Crippen LogP contribution in [0.15, 0.2) is 42.5 Å². The van der Waals surface area contributed by atoms with Crippen LogP contribution in [0.25, 0.3) is 0 Å². The van der Waals surface area contributed by atoms with Crippen LogP contribution in [0.4, 0.5) is 22.7 Å². The van der Waals surface area contributed by atoms with Gasteiger partial charge in [0.25, 0.3) is 5.91 Å². The Morgan fingerprint density at radius 3 is 2.60 bits per heavy atom. The van der Waals surface area contributed by atoms with Crippen LogP contribution in [0.5, 0.6) is 5.75 Å². The number of rotatable bonds is 1. The largest absolute Gasteiger partial charge is 0.479 e. The van der Waals surface area contributed by atoms with Crippen molar-refractivity contribution in [2.45, 2.75) is 13.0 Å². The Bertz CT molecular complexity index is 685. The SMILES string of the molecule is CC1Oc2ccc(N)cc2N(c2cccc(N)c2)C1=O. The summed E-state index contributed by atoms with van der Waals surface area (Å²) < 4.78 is 5.60. The fourth-order valence-corrected chi connectivity index (χ4v) is 2.28. The summed E-state index contributed by atoms with van der Waals surface area (Å²) in [5.41, 5.74) is 14.1. The Hall–Kier alpha value is -2.69. The van der Waals surface area contributed by atoms with E-state index < -0.39 is 6.10 Å². The van der Waals surface area contributed by atoms with Gasteiger partial charge in [-0.15, -0.1) is 0 Å². The molecule has 0 aromatic heterocycles. The zero-order valence-corrected chi connectivity index (χ0v) is 11.0. The van der Waals surface area contributed by atoms with Crippen LogP contribution in [0, 0.1) is 0 Å². The molecule has 2 aromatic carbocycles. The highest BCUT2D eigenvalue weighted by Crippen LogP contribution is 2.40. The molecule has 1 unspecified atom stereocenters. The summed E-state index contributed by atoms with van der Waals surface area (Å²) in [4.78, 5) is 14.0. The van der Waals surface area contributed by atoms with Crippen LogP contribution in [0.2, 0.25) is 0 Å². The van der Waals surface area contributed by atoms with Crippen LogP contribution >= 0.6 is 0 Å². The number of hydrogen-bond acceptors (Lipinski definition) is 4. The topological polar surface area (TPSA) is 81.6 Å². The summed E-state index contributed by atoms with van der Waals surface area (Å²) in [6, 6.07) is 12.4. The average molecular weight is 269 g/mol. The number of amides is 1. The van der Waals surface area contributed by atoms with Crippen molar-refractivity contribution in [3.8, 4) is 5.75 Å². The van der Waals surface area contributed by atoms with Gasteiger partial charge in [-0.05, 0) is 43.3 Å². The van der Waals surface area contributed by atoms with Crippen molar-refractivity contribution in [3.63, 3.8) is 0 Å². The van der Waals surface area contributed by atoms with Gasteiger partial charge in [0.05, 0.1) is 11.4 Å². The van der Waals surface area contributed by atoms with Crippen molar-refractivity contribution in [1.82, 2.24) is 0 Å². The Labute approximate surface area is 116 Å². The molecule has 0 radical (unpaired) electrons. The maximum Gasteiger partial charge on any atom is 0.272 e. The first-order valence-corrected chi connectivity index (χ1v) is 6.32. The lowest BCUT2D eigenvalue weighted by Crippen LogP contribution is -2.41. The molecule has 0 bridgehead atoms. The second-order valence-electron chi connectivity index (χ2n) is 4.76. The molecule has 2 aromatic rings. The molecule has 0 aliphatic carbocycles. The lowest BCUT2D eigenvalue weighted by molar-refractivity contribution is -0.124. The molecule has 20 heavy (non-hydrogen) atoms. The molecule has 1 aliphatic heterocycles. The second-order valence-corrected chi connectivity index (χ2v) is 4.76. The van der Waals surface area contributed by atoms with Crippen molar-refractivity contribution in [1.29, 1.82) is 0 Å². The van der Waals surface area contributed by atoms with E-state index in [1.807, 2.05) is 12.1 Å². The maximum absolute atomic E-state index is 12.4. The van der Waals surface area contributed by atoms with Gasteiger partial charge in [-0.25, -0.2) is 0 Å². The number of hydrogen-bond donors (Lipinski definition) is 2. The summed E-state index contributed by atoms with van der Waals surface area (Å²) in [6.07, 6.45) is -0.549. The molecule has 0 fully saturated rings. The number of nitrogens with two attached hydrogens (primary N) is 2. The van der Waals surface area contributed by atoms with E-state index in [0.29, 0.717) is 28.5 Å². The Morgan fingerprint density at radius 1 is 1.10 bits per heavy atom. The predicted molar refractivity (Wildman–Crippen MR) is 78.9 cm³/mol. The minimum Gasteiger partial charge on any atom is -0.479 e. The molecule has 4 N–H and O–H groups in total.